The number of para-hydroxylation sites is 1. The minimum atomic E-state index is -1.34. The van der Waals surface area contributed by atoms with Crippen LogP contribution in [0.4, 0.5) is 0 Å². The molecule has 1 amide bonds. The molecular formula is C16H15NO3. The van der Waals surface area contributed by atoms with Gasteiger partial charge in [0.05, 0.1) is 0 Å². The van der Waals surface area contributed by atoms with Crippen LogP contribution in [0.3, 0.4) is 0 Å². The molecule has 0 aliphatic carbocycles. The Morgan fingerprint density at radius 2 is 1.75 bits per heavy atom. The summed E-state index contributed by atoms with van der Waals surface area (Å²) in [5.74, 6) is 0.439. The first-order chi connectivity index (χ1) is 9.60. The van der Waals surface area contributed by atoms with Gasteiger partial charge in [0.25, 0.3) is 5.91 Å². The third-order valence-corrected chi connectivity index (χ3v) is 3.54. The largest absolute Gasteiger partial charge is 0.473 e. The van der Waals surface area contributed by atoms with Gasteiger partial charge in [0, 0.05) is 11.1 Å². The second-order valence-electron chi connectivity index (χ2n) is 4.89. The average molecular weight is 269 g/mol. The lowest BCUT2D eigenvalue weighted by Gasteiger charge is -2.30. The summed E-state index contributed by atoms with van der Waals surface area (Å²) in [7, 11) is 0. The molecule has 20 heavy (non-hydrogen) atoms. The molecule has 1 heterocycles. The Morgan fingerprint density at radius 1 is 1.10 bits per heavy atom. The first-order valence-corrected chi connectivity index (χ1v) is 6.42. The SMILES string of the molecule is CC1(O)c2ccccc2C(=O)N1COc1ccccc1. The first kappa shape index (κ1) is 12.7. The number of rotatable bonds is 3. The van der Waals surface area contributed by atoms with Crippen LogP contribution < -0.4 is 4.74 Å². The molecule has 0 fully saturated rings. The first-order valence-electron chi connectivity index (χ1n) is 6.42. The molecular weight excluding hydrogens is 254 g/mol. The van der Waals surface area contributed by atoms with Crippen molar-refractivity contribution in [1.82, 2.24) is 4.90 Å². The highest BCUT2D eigenvalue weighted by molar-refractivity contribution is 5.99. The topological polar surface area (TPSA) is 49.8 Å². The molecule has 4 heteroatoms. The third-order valence-electron chi connectivity index (χ3n) is 3.54. The summed E-state index contributed by atoms with van der Waals surface area (Å²) in [5.41, 5.74) is -0.210. The van der Waals surface area contributed by atoms with Gasteiger partial charge >= 0.3 is 0 Å². The Morgan fingerprint density at radius 3 is 2.45 bits per heavy atom. The maximum atomic E-state index is 12.3. The number of benzene rings is 2. The second-order valence-corrected chi connectivity index (χ2v) is 4.89. The molecule has 0 radical (unpaired) electrons. The maximum Gasteiger partial charge on any atom is 0.259 e. The molecule has 1 aliphatic heterocycles. The summed E-state index contributed by atoms with van der Waals surface area (Å²) in [4.78, 5) is 13.6. The predicted octanol–water partition coefficient (Wildman–Crippen LogP) is 2.34. The molecule has 3 rings (SSSR count). The standard InChI is InChI=1S/C16H15NO3/c1-16(19)14-10-6-5-9-13(14)15(18)17(16)11-20-12-7-3-2-4-8-12/h2-10,19H,11H2,1H3. The highest BCUT2D eigenvalue weighted by Crippen LogP contribution is 2.36. The number of carbonyl (C=O) groups is 1. The lowest BCUT2D eigenvalue weighted by molar-refractivity contribution is -0.0933. The van der Waals surface area contributed by atoms with E-state index in [1.54, 1.807) is 25.1 Å². The van der Waals surface area contributed by atoms with Gasteiger partial charge in [0.15, 0.2) is 12.5 Å². The lowest BCUT2D eigenvalue weighted by Crippen LogP contribution is -2.43. The summed E-state index contributed by atoms with van der Waals surface area (Å²) >= 11 is 0. The predicted molar refractivity (Wildman–Crippen MR) is 74.1 cm³/mol. The van der Waals surface area contributed by atoms with Crippen LogP contribution in [-0.2, 0) is 5.72 Å². The molecule has 102 valence electrons. The molecule has 0 bridgehead atoms. The monoisotopic (exact) mass is 269 g/mol. The number of amides is 1. The van der Waals surface area contributed by atoms with Gasteiger partial charge in [-0.2, -0.15) is 0 Å². The molecule has 2 aromatic rings. The molecule has 1 atom stereocenters. The number of hydrogen-bond acceptors (Lipinski definition) is 3. The summed E-state index contributed by atoms with van der Waals surface area (Å²) < 4.78 is 5.57. The molecule has 1 aliphatic rings. The van der Waals surface area contributed by atoms with Gasteiger partial charge in [-0.3, -0.25) is 9.69 Å². The molecule has 1 N–H and O–H groups in total. The van der Waals surface area contributed by atoms with Crippen molar-refractivity contribution in [1.29, 1.82) is 0 Å². The van der Waals surface area contributed by atoms with Crippen LogP contribution in [-0.4, -0.2) is 22.6 Å². The number of ether oxygens (including phenoxy) is 1. The molecule has 2 aromatic carbocycles. The van der Waals surface area contributed by atoms with E-state index in [4.69, 9.17) is 4.74 Å². The van der Waals surface area contributed by atoms with Gasteiger partial charge in [0.1, 0.15) is 5.75 Å². The van der Waals surface area contributed by atoms with E-state index < -0.39 is 5.72 Å². The van der Waals surface area contributed by atoms with Crippen molar-refractivity contribution in [3.05, 3.63) is 65.7 Å². The molecule has 0 spiro atoms. The Labute approximate surface area is 117 Å². The van der Waals surface area contributed by atoms with E-state index in [1.807, 2.05) is 36.4 Å². The van der Waals surface area contributed by atoms with Crippen molar-refractivity contribution in [2.24, 2.45) is 0 Å². The molecule has 0 aromatic heterocycles. The van der Waals surface area contributed by atoms with Crippen molar-refractivity contribution in [3.8, 4) is 5.75 Å². The Bertz CT molecular complexity index is 637. The van der Waals surface area contributed by atoms with E-state index in [0.29, 0.717) is 16.9 Å². The summed E-state index contributed by atoms with van der Waals surface area (Å²) in [6.07, 6.45) is 0. The van der Waals surface area contributed by atoms with Crippen LogP contribution in [0.2, 0.25) is 0 Å². The summed E-state index contributed by atoms with van der Waals surface area (Å²) in [5, 5.41) is 10.6. The van der Waals surface area contributed by atoms with Crippen LogP contribution >= 0.6 is 0 Å². The van der Waals surface area contributed by atoms with Gasteiger partial charge in [0.2, 0.25) is 0 Å². The van der Waals surface area contributed by atoms with E-state index in [9.17, 15) is 9.90 Å². The zero-order valence-corrected chi connectivity index (χ0v) is 11.1. The maximum absolute atomic E-state index is 12.3. The molecule has 0 saturated carbocycles. The Kier molecular flexibility index (Phi) is 2.95. The fraction of sp³-hybridized carbons (Fsp3) is 0.188. The molecule has 0 saturated heterocycles. The smallest absolute Gasteiger partial charge is 0.259 e. The molecule has 4 nitrogen and oxygen atoms in total. The highest BCUT2D eigenvalue weighted by Gasteiger charge is 2.45. The lowest BCUT2D eigenvalue weighted by atomic mass is 10.0. The zero-order valence-electron chi connectivity index (χ0n) is 11.1. The van der Waals surface area contributed by atoms with Crippen LogP contribution in [0.1, 0.15) is 22.8 Å². The minimum absolute atomic E-state index is 0.00449. The van der Waals surface area contributed by atoms with Crippen LogP contribution in [0.15, 0.2) is 54.6 Å². The minimum Gasteiger partial charge on any atom is -0.473 e. The van der Waals surface area contributed by atoms with Gasteiger partial charge in [-0.15, -0.1) is 0 Å². The Hall–Kier alpha value is -2.33. The van der Waals surface area contributed by atoms with E-state index >= 15 is 0 Å². The quantitative estimate of drug-likeness (QED) is 0.930. The normalized spacial score (nSPS) is 20.9. The molecule has 1 unspecified atom stereocenters. The number of fused-ring (bicyclic) bond motifs is 1. The number of aliphatic hydroxyl groups is 1. The van der Waals surface area contributed by atoms with Crippen LogP contribution in [0.25, 0.3) is 0 Å². The fourth-order valence-electron chi connectivity index (χ4n) is 2.41. The van der Waals surface area contributed by atoms with Crippen LogP contribution in [0, 0.1) is 0 Å². The van der Waals surface area contributed by atoms with Crippen molar-refractivity contribution < 1.29 is 14.6 Å². The van der Waals surface area contributed by atoms with Crippen molar-refractivity contribution in [2.45, 2.75) is 12.6 Å². The summed E-state index contributed by atoms with van der Waals surface area (Å²) in [6.45, 7) is 1.61. The fourth-order valence-corrected chi connectivity index (χ4v) is 2.41. The number of nitrogens with zero attached hydrogens (tertiary/aromatic N) is 1. The third kappa shape index (κ3) is 1.94. The zero-order chi connectivity index (χ0) is 14.2. The van der Waals surface area contributed by atoms with Gasteiger partial charge in [-0.1, -0.05) is 36.4 Å². The van der Waals surface area contributed by atoms with Gasteiger partial charge in [-0.25, -0.2) is 0 Å². The van der Waals surface area contributed by atoms with Gasteiger partial charge in [-0.05, 0) is 25.1 Å². The van der Waals surface area contributed by atoms with E-state index in [-0.39, 0.29) is 12.6 Å². The average Bonchev–Trinajstić information content (AvgIpc) is 2.66. The van der Waals surface area contributed by atoms with Crippen LogP contribution in [0.5, 0.6) is 5.75 Å². The van der Waals surface area contributed by atoms with Gasteiger partial charge < -0.3 is 9.84 Å². The highest BCUT2D eigenvalue weighted by atomic mass is 16.5. The summed E-state index contributed by atoms with van der Waals surface area (Å²) in [6, 6.07) is 16.3. The second kappa shape index (κ2) is 4.65. The number of carbonyl (C=O) groups excluding carboxylic acids is 1. The number of hydrogen-bond donors (Lipinski definition) is 1. The Balaban J connectivity index is 1.83. The van der Waals surface area contributed by atoms with E-state index in [2.05, 4.69) is 0 Å². The van der Waals surface area contributed by atoms with Crippen molar-refractivity contribution in [3.63, 3.8) is 0 Å². The van der Waals surface area contributed by atoms with Crippen molar-refractivity contribution in [2.75, 3.05) is 6.73 Å². The van der Waals surface area contributed by atoms with Crippen molar-refractivity contribution >= 4 is 5.91 Å². The van der Waals surface area contributed by atoms with E-state index in [1.165, 1.54) is 4.90 Å². The van der Waals surface area contributed by atoms with E-state index in [0.717, 1.165) is 0 Å².